The molecule has 1 fully saturated rings. The van der Waals surface area contributed by atoms with Gasteiger partial charge in [0, 0.05) is 16.8 Å². The molecule has 0 radical (unpaired) electrons. The molecule has 0 spiro atoms. The van der Waals surface area contributed by atoms with Crippen LogP contribution in [0.1, 0.15) is 57.8 Å². The summed E-state index contributed by atoms with van der Waals surface area (Å²) in [4.78, 5) is 13.7. The van der Waals surface area contributed by atoms with Gasteiger partial charge in [0.05, 0.1) is 6.04 Å². The second kappa shape index (κ2) is 7.80. The maximum absolute atomic E-state index is 12.3. The first-order valence-corrected chi connectivity index (χ1v) is 8.80. The van der Waals surface area contributed by atoms with Gasteiger partial charge in [-0.1, -0.05) is 46.1 Å². The van der Waals surface area contributed by atoms with Crippen LogP contribution in [-0.4, -0.2) is 18.5 Å². The third-order valence-corrected chi connectivity index (χ3v) is 5.79. The zero-order chi connectivity index (χ0) is 15.5. The van der Waals surface area contributed by atoms with Gasteiger partial charge in [-0.3, -0.25) is 4.79 Å². The highest BCUT2D eigenvalue weighted by molar-refractivity contribution is 7.10. The van der Waals surface area contributed by atoms with Gasteiger partial charge in [-0.25, -0.2) is 0 Å². The van der Waals surface area contributed by atoms with E-state index in [1.807, 2.05) is 32.1 Å². The average molecular weight is 345 g/mol. The molecule has 1 amide bonds. The van der Waals surface area contributed by atoms with Crippen LogP contribution >= 0.6 is 23.7 Å². The van der Waals surface area contributed by atoms with E-state index in [0.29, 0.717) is 0 Å². The van der Waals surface area contributed by atoms with E-state index in [1.165, 1.54) is 37.0 Å². The molecule has 2 rings (SSSR count). The standard InChI is InChI=1S/C17H28N2OS.ClH/c1-16(2,3)14(18)15(20)19-12-17(9-5-4-6-10-17)13-8-7-11-21-13;/h7-8,11,14H,4-6,9-10,12,18H2,1-3H3,(H,19,20);1H/t14-;/m1./s1. The fourth-order valence-electron chi connectivity index (χ4n) is 3.08. The number of hydrogen-bond donors (Lipinski definition) is 2. The number of thiophene rings is 1. The van der Waals surface area contributed by atoms with Crippen LogP contribution in [-0.2, 0) is 10.2 Å². The summed E-state index contributed by atoms with van der Waals surface area (Å²) in [6, 6.07) is 3.87. The molecule has 1 heterocycles. The Morgan fingerprint density at radius 1 is 1.36 bits per heavy atom. The van der Waals surface area contributed by atoms with Crippen molar-refractivity contribution in [1.29, 1.82) is 0 Å². The highest BCUT2D eigenvalue weighted by Crippen LogP contribution is 2.41. The number of nitrogens with one attached hydrogen (secondary N) is 1. The molecule has 0 aliphatic heterocycles. The van der Waals surface area contributed by atoms with Crippen molar-refractivity contribution in [3.63, 3.8) is 0 Å². The summed E-state index contributed by atoms with van der Waals surface area (Å²) in [5.41, 5.74) is 5.99. The average Bonchev–Trinajstić information content (AvgIpc) is 2.98. The highest BCUT2D eigenvalue weighted by atomic mass is 35.5. The molecule has 0 saturated heterocycles. The highest BCUT2D eigenvalue weighted by Gasteiger charge is 2.36. The number of carbonyl (C=O) groups excluding carboxylic acids is 1. The summed E-state index contributed by atoms with van der Waals surface area (Å²) in [5, 5.41) is 5.26. The lowest BCUT2D eigenvalue weighted by Gasteiger charge is -2.37. The molecule has 1 atom stereocenters. The largest absolute Gasteiger partial charge is 0.354 e. The van der Waals surface area contributed by atoms with Crippen LogP contribution in [0.4, 0.5) is 0 Å². The fourth-order valence-corrected chi connectivity index (χ4v) is 4.07. The van der Waals surface area contributed by atoms with Crippen LogP contribution in [0.5, 0.6) is 0 Å². The number of amides is 1. The molecule has 3 nitrogen and oxygen atoms in total. The Kier molecular flexibility index (Phi) is 6.90. The zero-order valence-electron chi connectivity index (χ0n) is 13.9. The quantitative estimate of drug-likeness (QED) is 0.871. The predicted molar refractivity (Wildman–Crippen MR) is 96.8 cm³/mol. The molecule has 3 N–H and O–H groups in total. The molecule has 22 heavy (non-hydrogen) atoms. The van der Waals surface area contributed by atoms with Gasteiger partial charge in [0.15, 0.2) is 0 Å². The Hall–Kier alpha value is -0.580. The number of rotatable bonds is 4. The SMILES string of the molecule is CC(C)(C)[C@H](N)C(=O)NCC1(c2cccs2)CCCCC1.Cl. The minimum absolute atomic E-state index is 0. The van der Waals surface area contributed by atoms with Crippen molar-refractivity contribution in [2.45, 2.75) is 64.3 Å². The van der Waals surface area contributed by atoms with Crippen molar-refractivity contribution in [1.82, 2.24) is 5.32 Å². The maximum atomic E-state index is 12.3. The van der Waals surface area contributed by atoms with E-state index in [4.69, 9.17) is 5.73 Å². The van der Waals surface area contributed by atoms with E-state index in [9.17, 15) is 4.79 Å². The van der Waals surface area contributed by atoms with Crippen LogP contribution in [0.2, 0.25) is 0 Å². The zero-order valence-corrected chi connectivity index (χ0v) is 15.5. The maximum Gasteiger partial charge on any atom is 0.237 e. The summed E-state index contributed by atoms with van der Waals surface area (Å²) < 4.78 is 0. The Bertz CT molecular complexity index is 462. The van der Waals surface area contributed by atoms with Crippen LogP contribution in [0, 0.1) is 5.41 Å². The first-order chi connectivity index (χ1) is 9.85. The minimum Gasteiger partial charge on any atom is -0.354 e. The van der Waals surface area contributed by atoms with Gasteiger partial charge in [0.25, 0.3) is 0 Å². The third-order valence-electron chi connectivity index (χ3n) is 4.67. The van der Waals surface area contributed by atoms with Crippen LogP contribution < -0.4 is 11.1 Å². The lowest BCUT2D eigenvalue weighted by Crippen LogP contribution is -2.52. The number of hydrogen-bond acceptors (Lipinski definition) is 3. The molecule has 1 aromatic rings. The Morgan fingerprint density at radius 3 is 2.50 bits per heavy atom. The lowest BCUT2D eigenvalue weighted by molar-refractivity contribution is -0.124. The van der Waals surface area contributed by atoms with Gasteiger partial charge in [0.2, 0.25) is 5.91 Å². The topological polar surface area (TPSA) is 55.1 Å². The monoisotopic (exact) mass is 344 g/mol. The predicted octanol–water partition coefficient (Wildman–Crippen LogP) is 3.86. The van der Waals surface area contributed by atoms with Gasteiger partial charge in [0.1, 0.15) is 0 Å². The Labute approximate surface area is 144 Å². The normalized spacial score (nSPS) is 19.1. The summed E-state index contributed by atoms with van der Waals surface area (Å²) in [5.74, 6) is -0.0241. The Morgan fingerprint density at radius 2 is 2.00 bits per heavy atom. The molecule has 126 valence electrons. The fraction of sp³-hybridized carbons (Fsp3) is 0.706. The van der Waals surface area contributed by atoms with Crippen molar-refractivity contribution in [3.8, 4) is 0 Å². The minimum atomic E-state index is -0.457. The van der Waals surface area contributed by atoms with Gasteiger partial charge in [-0.05, 0) is 29.7 Å². The molecule has 0 unspecified atom stereocenters. The first kappa shape index (κ1) is 19.5. The van der Waals surface area contributed by atoms with E-state index < -0.39 is 6.04 Å². The number of nitrogens with two attached hydrogens (primary N) is 1. The van der Waals surface area contributed by atoms with Gasteiger partial charge in [-0.2, -0.15) is 0 Å². The van der Waals surface area contributed by atoms with Crippen LogP contribution in [0.25, 0.3) is 0 Å². The summed E-state index contributed by atoms with van der Waals surface area (Å²) in [7, 11) is 0. The van der Waals surface area contributed by atoms with Crippen molar-refractivity contribution in [2.24, 2.45) is 11.1 Å². The first-order valence-electron chi connectivity index (χ1n) is 7.92. The second-order valence-electron chi connectivity index (χ2n) is 7.38. The van der Waals surface area contributed by atoms with E-state index in [0.717, 1.165) is 6.54 Å². The van der Waals surface area contributed by atoms with Gasteiger partial charge in [-0.15, -0.1) is 23.7 Å². The van der Waals surface area contributed by atoms with Crippen molar-refractivity contribution in [3.05, 3.63) is 22.4 Å². The van der Waals surface area contributed by atoms with E-state index >= 15 is 0 Å². The van der Waals surface area contributed by atoms with E-state index in [1.54, 1.807) is 0 Å². The molecule has 1 aromatic heterocycles. The molecule has 0 bridgehead atoms. The number of carbonyl (C=O) groups is 1. The third kappa shape index (κ3) is 4.46. The van der Waals surface area contributed by atoms with Crippen LogP contribution in [0.15, 0.2) is 17.5 Å². The van der Waals surface area contributed by atoms with E-state index in [-0.39, 0.29) is 29.1 Å². The molecule has 0 aromatic carbocycles. The molecular weight excluding hydrogens is 316 g/mol. The van der Waals surface area contributed by atoms with E-state index in [2.05, 4.69) is 22.8 Å². The molecule has 1 aliphatic rings. The van der Waals surface area contributed by atoms with Gasteiger partial charge >= 0.3 is 0 Å². The molecule has 5 heteroatoms. The van der Waals surface area contributed by atoms with Crippen molar-refractivity contribution < 1.29 is 4.79 Å². The number of halogens is 1. The summed E-state index contributed by atoms with van der Waals surface area (Å²) >= 11 is 1.81. The van der Waals surface area contributed by atoms with Crippen molar-refractivity contribution >= 4 is 29.7 Å². The van der Waals surface area contributed by atoms with Crippen molar-refractivity contribution in [2.75, 3.05) is 6.54 Å². The second-order valence-corrected chi connectivity index (χ2v) is 8.33. The summed E-state index contributed by atoms with van der Waals surface area (Å²) in [6.07, 6.45) is 6.14. The summed E-state index contributed by atoms with van der Waals surface area (Å²) in [6.45, 7) is 6.74. The Balaban J connectivity index is 0.00000242. The molecule has 1 aliphatic carbocycles. The molecular formula is C17H29ClN2OS. The lowest BCUT2D eigenvalue weighted by atomic mass is 9.73. The smallest absolute Gasteiger partial charge is 0.237 e. The molecule has 1 saturated carbocycles. The van der Waals surface area contributed by atoms with Crippen LogP contribution in [0.3, 0.4) is 0 Å². The van der Waals surface area contributed by atoms with Gasteiger partial charge < -0.3 is 11.1 Å².